The minimum Gasteiger partial charge on any atom is -0.480 e. The van der Waals surface area contributed by atoms with E-state index in [-0.39, 0.29) is 31.6 Å². The number of hydrogen-bond acceptors (Lipinski definition) is 9. The fourth-order valence-corrected chi connectivity index (χ4v) is 4.98. The number of carbonyl (C=O) groups excluding carboxylic acids is 3. The summed E-state index contributed by atoms with van der Waals surface area (Å²) in [7, 11) is 0. The molecule has 0 spiro atoms. The molecule has 5 unspecified atom stereocenters. The van der Waals surface area contributed by atoms with E-state index in [1.165, 1.54) is 6.92 Å². The average molecular weight is 614 g/mol. The van der Waals surface area contributed by atoms with Gasteiger partial charge in [-0.05, 0) is 63.3 Å². The fraction of sp³-hybridized carbons (Fsp3) is 0.500. The van der Waals surface area contributed by atoms with Gasteiger partial charge in [-0.15, -0.1) is 0 Å². The van der Waals surface area contributed by atoms with Gasteiger partial charge in [-0.25, -0.2) is 4.79 Å². The van der Waals surface area contributed by atoms with Gasteiger partial charge in [0.25, 0.3) is 0 Å². The first-order chi connectivity index (χ1) is 20.8. The summed E-state index contributed by atoms with van der Waals surface area (Å²) in [5, 5.41) is 38.9. The number of nitrogens with one attached hydrogen (secondary N) is 5. The number of aryl methyl sites for hydroxylation is 2. The van der Waals surface area contributed by atoms with E-state index >= 15 is 0 Å². The first-order valence-electron chi connectivity index (χ1n) is 14.6. The Kier molecular flexibility index (Phi) is 12.0. The smallest absolute Gasteiger partial charge is 0.326 e. The highest BCUT2D eigenvalue weighted by atomic mass is 16.4. The molecular formula is C30H43N7O7. The molecule has 1 aromatic carbocycles. The Morgan fingerprint density at radius 3 is 2.50 bits per heavy atom. The maximum Gasteiger partial charge on any atom is 0.326 e. The summed E-state index contributed by atoms with van der Waals surface area (Å²) >= 11 is 0. The summed E-state index contributed by atoms with van der Waals surface area (Å²) < 4.78 is 5.85. The van der Waals surface area contributed by atoms with Crippen LogP contribution in [0.4, 0.5) is 0 Å². The van der Waals surface area contributed by atoms with Crippen LogP contribution < -0.4 is 32.7 Å². The first-order valence-corrected chi connectivity index (χ1v) is 14.6. The Bertz CT molecular complexity index is 1420. The van der Waals surface area contributed by atoms with Crippen LogP contribution in [0.1, 0.15) is 49.5 Å². The Morgan fingerprint density at radius 2 is 1.84 bits per heavy atom. The summed E-state index contributed by atoms with van der Waals surface area (Å²) in [5.41, 5.74) is 14.6. The Balaban J connectivity index is 1.50. The van der Waals surface area contributed by atoms with Gasteiger partial charge in [0.1, 0.15) is 35.3 Å². The van der Waals surface area contributed by atoms with Crippen molar-refractivity contribution in [3.63, 3.8) is 0 Å². The molecule has 14 nitrogen and oxygen atoms in total. The van der Waals surface area contributed by atoms with Gasteiger partial charge in [-0.1, -0.05) is 17.7 Å². The Morgan fingerprint density at radius 1 is 1.11 bits per heavy atom. The van der Waals surface area contributed by atoms with E-state index in [1.807, 2.05) is 32.0 Å². The molecule has 2 aromatic rings. The van der Waals surface area contributed by atoms with Crippen LogP contribution in [0.15, 0.2) is 34.3 Å². The number of furan rings is 1. The van der Waals surface area contributed by atoms with Crippen molar-refractivity contribution in [1.82, 2.24) is 21.3 Å². The minimum absolute atomic E-state index is 0.00104. The van der Waals surface area contributed by atoms with Crippen molar-refractivity contribution in [3.05, 3.63) is 46.7 Å². The molecule has 44 heavy (non-hydrogen) atoms. The number of nitrogens with two attached hydrogens (primary N) is 2. The summed E-state index contributed by atoms with van der Waals surface area (Å²) in [6.45, 7) is 5.83. The molecule has 1 aromatic heterocycles. The summed E-state index contributed by atoms with van der Waals surface area (Å²) in [5.74, 6) is -2.45. The van der Waals surface area contributed by atoms with Crippen molar-refractivity contribution in [2.75, 3.05) is 13.1 Å². The van der Waals surface area contributed by atoms with Crippen molar-refractivity contribution < 1.29 is 33.8 Å². The van der Waals surface area contributed by atoms with Crippen LogP contribution in [0.25, 0.3) is 11.0 Å². The van der Waals surface area contributed by atoms with Crippen molar-refractivity contribution in [3.8, 4) is 0 Å². The van der Waals surface area contributed by atoms with Gasteiger partial charge in [-0.3, -0.25) is 19.8 Å². The van der Waals surface area contributed by atoms with Crippen LogP contribution in [-0.2, 0) is 25.6 Å². The van der Waals surface area contributed by atoms with Gasteiger partial charge >= 0.3 is 5.97 Å². The average Bonchev–Trinajstić information content (AvgIpc) is 3.55. The molecule has 14 heteroatoms. The number of aliphatic hydroxyl groups excluding tert-OH is 1. The number of aliphatic carboxylic acids is 1. The number of unbranched alkanes of at least 4 members (excludes halogenated alkanes) is 1. The third-order valence-corrected chi connectivity index (χ3v) is 7.61. The molecule has 5 atom stereocenters. The van der Waals surface area contributed by atoms with Crippen molar-refractivity contribution in [1.29, 1.82) is 5.41 Å². The van der Waals surface area contributed by atoms with Gasteiger partial charge < -0.3 is 47.4 Å². The molecule has 11 N–H and O–H groups in total. The second-order valence-corrected chi connectivity index (χ2v) is 11.2. The van der Waals surface area contributed by atoms with Crippen LogP contribution in [-0.4, -0.2) is 83.1 Å². The number of amidine groups is 1. The number of carbonyl (C=O) groups is 4. The molecule has 240 valence electrons. The normalized spacial score (nSPS) is 17.3. The maximum atomic E-state index is 13.0. The molecule has 3 rings (SSSR count). The van der Waals surface area contributed by atoms with Crippen molar-refractivity contribution in [2.24, 2.45) is 11.5 Å². The van der Waals surface area contributed by atoms with Crippen molar-refractivity contribution in [2.45, 2.75) is 83.1 Å². The minimum atomic E-state index is -1.24. The van der Waals surface area contributed by atoms with E-state index in [2.05, 4.69) is 21.3 Å². The van der Waals surface area contributed by atoms with Gasteiger partial charge in [0.15, 0.2) is 0 Å². The SMILES string of the molecule is Cc1ccc2oc(CC(NC(=O)CCCCNC(=O)C(CC3=CCNC3C(=N)N)NC(=O)C(N)C(C)O)C(=O)O)c(C)c2c1. The van der Waals surface area contributed by atoms with E-state index < -0.39 is 54.0 Å². The van der Waals surface area contributed by atoms with E-state index in [9.17, 15) is 29.4 Å². The van der Waals surface area contributed by atoms with Gasteiger partial charge in [-0.2, -0.15) is 0 Å². The van der Waals surface area contributed by atoms with Crippen LogP contribution in [0, 0.1) is 19.3 Å². The predicted octanol–water partition coefficient (Wildman–Crippen LogP) is -0.135. The quantitative estimate of drug-likeness (QED) is 0.0525. The van der Waals surface area contributed by atoms with Crippen molar-refractivity contribution >= 4 is 40.5 Å². The lowest BCUT2D eigenvalue weighted by molar-refractivity contribution is -0.141. The zero-order valence-corrected chi connectivity index (χ0v) is 25.2. The molecular weight excluding hydrogens is 570 g/mol. The molecule has 3 amide bonds. The number of carboxylic acids is 1. The highest BCUT2D eigenvalue weighted by Crippen LogP contribution is 2.27. The molecule has 0 saturated carbocycles. The summed E-state index contributed by atoms with van der Waals surface area (Å²) in [4.78, 5) is 50.0. The molecule has 0 aliphatic carbocycles. The Hall–Kier alpha value is -4.27. The van der Waals surface area contributed by atoms with Crippen LogP contribution in [0.3, 0.4) is 0 Å². The third-order valence-electron chi connectivity index (χ3n) is 7.61. The zero-order chi connectivity index (χ0) is 32.6. The highest BCUT2D eigenvalue weighted by molar-refractivity contribution is 5.91. The van der Waals surface area contributed by atoms with Crippen LogP contribution in [0.5, 0.6) is 0 Å². The standard InChI is InChI=1S/C30H43N7O7/c1-15-7-8-22-19(12-15)16(2)23(44-22)14-21(30(42)43)36-24(39)6-4-5-10-35-28(40)20(37-29(41)25(31)17(3)38)13-18-9-11-34-26(18)27(32)33/h7-9,12,17,20-21,25-26,34,38H,4-6,10-11,13-14,31H2,1-3H3,(H3,32,33)(H,35,40)(H,36,39)(H,37,41)(H,42,43). The second-order valence-electron chi connectivity index (χ2n) is 11.2. The van der Waals surface area contributed by atoms with E-state index in [0.717, 1.165) is 16.5 Å². The molecule has 0 bridgehead atoms. The molecule has 0 saturated heterocycles. The number of fused-ring (bicyclic) bond motifs is 1. The maximum absolute atomic E-state index is 13.0. The molecule has 2 heterocycles. The number of benzene rings is 1. The lowest BCUT2D eigenvalue weighted by Crippen LogP contribution is -2.55. The molecule has 0 fully saturated rings. The molecule has 0 radical (unpaired) electrons. The van der Waals surface area contributed by atoms with Gasteiger partial charge in [0.05, 0.1) is 12.1 Å². The number of rotatable bonds is 16. The number of amides is 3. The predicted molar refractivity (Wildman–Crippen MR) is 164 cm³/mol. The lowest BCUT2D eigenvalue weighted by Gasteiger charge is -2.24. The van der Waals surface area contributed by atoms with Crippen LogP contribution >= 0.6 is 0 Å². The van der Waals surface area contributed by atoms with E-state index in [1.54, 1.807) is 6.08 Å². The number of hydrogen-bond donors (Lipinski definition) is 9. The fourth-order valence-electron chi connectivity index (χ4n) is 4.98. The Labute approximate surface area is 255 Å². The van der Waals surface area contributed by atoms with Gasteiger partial charge in [0, 0.05) is 31.3 Å². The lowest BCUT2D eigenvalue weighted by atomic mass is 9.99. The van der Waals surface area contributed by atoms with Gasteiger partial charge in [0.2, 0.25) is 17.7 Å². The monoisotopic (exact) mass is 613 g/mol. The second kappa shape index (κ2) is 15.5. The number of carboxylic acid groups (broad SMARTS) is 1. The number of aliphatic hydroxyl groups is 1. The van der Waals surface area contributed by atoms with Crippen LogP contribution in [0.2, 0.25) is 0 Å². The largest absolute Gasteiger partial charge is 0.480 e. The first kappa shape index (κ1) is 34.2. The highest BCUT2D eigenvalue weighted by Gasteiger charge is 2.30. The van der Waals surface area contributed by atoms with E-state index in [4.69, 9.17) is 21.3 Å². The third kappa shape index (κ3) is 9.11. The molecule has 1 aliphatic rings. The summed E-state index contributed by atoms with van der Waals surface area (Å²) in [6, 6.07) is 1.71. The topological polar surface area (TPSA) is 246 Å². The molecule has 1 aliphatic heterocycles. The zero-order valence-electron chi connectivity index (χ0n) is 25.2. The summed E-state index contributed by atoms with van der Waals surface area (Å²) in [6.07, 6.45) is 1.56. The van der Waals surface area contributed by atoms with E-state index in [0.29, 0.717) is 36.3 Å².